The van der Waals surface area contributed by atoms with Gasteiger partial charge in [-0.05, 0) is 28.7 Å². The third kappa shape index (κ3) is 4.92. The minimum Gasteiger partial charge on any atom is -0.479 e. The number of benzene rings is 2. The van der Waals surface area contributed by atoms with E-state index in [1.807, 2.05) is 31.2 Å². The van der Waals surface area contributed by atoms with Gasteiger partial charge in [0.25, 0.3) is 0 Å². The number of rotatable bonds is 9. The molecule has 2 atom stereocenters. The minimum absolute atomic E-state index is 0.0347. The second-order valence-electron chi connectivity index (χ2n) is 8.90. The maximum atomic E-state index is 12.6. The third-order valence-electron chi connectivity index (χ3n) is 6.54. The lowest BCUT2D eigenvalue weighted by atomic mass is 9.98. The van der Waals surface area contributed by atoms with Gasteiger partial charge >= 0.3 is 12.1 Å². The minimum atomic E-state index is -1.41. The summed E-state index contributed by atoms with van der Waals surface area (Å²) in [6.45, 7) is 2.35. The molecule has 1 unspecified atom stereocenters. The maximum Gasteiger partial charge on any atom is 0.407 e. The fourth-order valence-corrected chi connectivity index (χ4v) is 4.81. The zero-order valence-corrected chi connectivity index (χ0v) is 19.2. The average molecular weight is 467 g/mol. The molecule has 2 aromatic carbocycles. The van der Waals surface area contributed by atoms with Gasteiger partial charge in [-0.3, -0.25) is 4.79 Å². The Labute approximate surface area is 198 Å². The van der Waals surface area contributed by atoms with Crippen LogP contribution in [0.1, 0.15) is 49.7 Å². The van der Waals surface area contributed by atoms with Gasteiger partial charge < -0.3 is 25.2 Å². The standard InChI is InChI=1S/C26H30N2O6/c1-2-7-17(14-23(29)28-26(24(30)31)12-13-33-16-26)27-25(32)34-15-22-20-10-5-3-8-18(20)19-9-4-6-11-21(19)22/h3-6,8-11,17,22H,2,7,12-16H2,1H3,(H,27,32)(H,28,29)(H,30,31)/t17-,26?/m1/s1. The number of carbonyl (C=O) groups excluding carboxylic acids is 2. The smallest absolute Gasteiger partial charge is 0.407 e. The number of aliphatic carboxylic acids is 1. The molecule has 2 aromatic rings. The van der Waals surface area contributed by atoms with E-state index in [-0.39, 0.29) is 38.6 Å². The highest BCUT2D eigenvalue weighted by atomic mass is 16.5. The Morgan fingerprint density at radius 1 is 1.12 bits per heavy atom. The molecule has 180 valence electrons. The summed E-state index contributed by atoms with van der Waals surface area (Å²) < 4.78 is 10.8. The molecular formula is C26H30N2O6. The van der Waals surface area contributed by atoms with Gasteiger partial charge in [0, 0.05) is 31.4 Å². The number of ether oxygens (including phenoxy) is 2. The van der Waals surface area contributed by atoms with Gasteiger partial charge in [0.2, 0.25) is 5.91 Å². The lowest BCUT2D eigenvalue weighted by Gasteiger charge is -2.25. The van der Waals surface area contributed by atoms with E-state index in [0.29, 0.717) is 6.42 Å². The Balaban J connectivity index is 1.35. The number of fused-ring (bicyclic) bond motifs is 3. The Bertz CT molecular complexity index is 1020. The first kappa shape index (κ1) is 23.8. The van der Waals surface area contributed by atoms with Crippen molar-refractivity contribution in [3.05, 3.63) is 59.7 Å². The number of carboxylic acids is 1. The van der Waals surface area contributed by atoms with Gasteiger partial charge in [0.05, 0.1) is 6.61 Å². The molecular weight excluding hydrogens is 436 g/mol. The summed E-state index contributed by atoms with van der Waals surface area (Å²) in [5, 5.41) is 14.9. The zero-order chi connectivity index (χ0) is 24.1. The van der Waals surface area contributed by atoms with Crippen molar-refractivity contribution in [2.75, 3.05) is 19.8 Å². The van der Waals surface area contributed by atoms with Crippen molar-refractivity contribution in [1.29, 1.82) is 0 Å². The van der Waals surface area contributed by atoms with Crippen LogP contribution in [0.3, 0.4) is 0 Å². The third-order valence-corrected chi connectivity index (χ3v) is 6.54. The first-order valence-corrected chi connectivity index (χ1v) is 11.7. The molecule has 0 saturated carbocycles. The fourth-order valence-electron chi connectivity index (χ4n) is 4.81. The van der Waals surface area contributed by atoms with Crippen LogP contribution in [0.5, 0.6) is 0 Å². The molecule has 4 rings (SSSR count). The monoisotopic (exact) mass is 466 g/mol. The number of amides is 2. The summed E-state index contributed by atoms with van der Waals surface area (Å²) in [5.74, 6) is -1.61. The molecule has 1 aliphatic heterocycles. The summed E-state index contributed by atoms with van der Waals surface area (Å²) in [5.41, 5.74) is 3.14. The first-order valence-electron chi connectivity index (χ1n) is 11.7. The van der Waals surface area contributed by atoms with Gasteiger partial charge in [-0.2, -0.15) is 0 Å². The molecule has 1 fully saturated rings. The predicted octanol–water partition coefficient (Wildman–Crippen LogP) is 3.44. The van der Waals surface area contributed by atoms with Crippen molar-refractivity contribution in [3.8, 4) is 11.1 Å². The molecule has 0 bridgehead atoms. The summed E-state index contributed by atoms with van der Waals surface area (Å²) in [4.78, 5) is 36.9. The van der Waals surface area contributed by atoms with Gasteiger partial charge in [-0.25, -0.2) is 9.59 Å². The highest BCUT2D eigenvalue weighted by molar-refractivity contribution is 5.88. The van der Waals surface area contributed by atoms with Crippen LogP contribution >= 0.6 is 0 Å². The van der Waals surface area contributed by atoms with E-state index in [0.717, 1.165) is 28.7 Å². The molecule has 34 heavy (non-hydrogen) atoms. The normalized spacial score (nSPS) is 19.7. The highest BCUT2D eigenvalue weighted by Gasteiger charge is 2.44. The summed E-state index contributed by atoms with van der Waals surface area (Å²) >= 11 is 0. The number of carbonyl (C=O) groups is 3. The van der Waals surface area contributed by atoms with Crippen LogP contribution in [0.4, 0.5) is 4.79 Å². The number of carboxylic acid groups (broad SMARTS) is 1. The molecule has 0 spiro atoms. The van der Waals surface area contributed by atoms with Gasteiger partial charge in [-0.1, -0.05) is 61.9 Å². The van der Waals surface area contributed by atoms with E-state index in [4.69, 9.17) is 9.47 Å². The summed E-state index contributed by atoms with van der Waals surface area (Å²) in [6.07, 6.45) is 0.896. The van der Waals surface area contributed by atoms with Crippen LogP contribution in [0.2, 0.25) is 0 Å². The van der Waals surface area contributed by atoms with Crippen molar-refractivity contribution >= 4 is 18.0 Å². The van der Waals surface area contributed by atoms with Crippen molar-refractivity contribution in [1.82, 2.24) is 10.6 Å². The van der Waals surface area contributed by atoms with E-state index in [9.17, 15) is 19.5 Å². The van der Waals surface area contributed by atoms with E-state index in [2.05, 4.69) is 34.9 Å². The Morgan fingerprint density at radius 2 is 1.76 bits per heavy atom. The van der Waals surface area contributed by atoms with Crippen LogP contribution in [0.25, 0.3) is 11.1 Å². The van der Waals surface area contributed by atoms with E-state index in [1.54, 1.807) is 0 Å². The number of alkyl carbamates (subject to hydrolysis) is 1. The van der Waals surface area contributed by atoms with Crippen LogP contribution < -0.4 is 10.6 Å². The summed E-state index contributed by atoms with van der Waals surface area (Å²) in [7, 11) is 0. The molecule has 8 heteroatoms. The van der Waals surface area contributed by atoms with Crippen LogP contribution in [-0.4, -0.2) is 54.5 Å². The molecule has 1 saturated heterocycles. The molecule has 2 amide bonds. The van der Waals surface area contributed by atoms with Crippen molar-refractivity contribution in [2.45, 2.75) is 50.1 Å². The lowest BCUT2D eigenvalue weighted by Crippen LogP contribution is -2.56. The average Bonchev–Trinajstić information content (AvgIpc) is 3.41. The second kappa shape index (κ2) is 10.3. The summed E-state index contributed by atoms with van der Waals surface area (Å²) in [6, 6.07) is 15.7. The van der Waals surface area contributed by atoms with E-state index in [1.165, 1.54) is 0 Å². The lowest BCUT2D eigenvalue weighted by molar-refractivity contribution is -0.147. The van der Waals surface area contributed by atoms with E-state index >= 15 is 0 Å². The predicted molar refractivity (Wildman–Crippen MR) is 125 cm³/mol. The van der Waals surface area contributed by atoms with Crippen molar-refractivity contribution < 1.29 is 29.0 Å². The van der Waals surface area contributed by atoms with Crippen LogP contribution in [0.15, 0.2) is 48.5 Å². The molecule has 1 aliphatic carbocycles. The molecule has 0 radical (unpaired) electrons. The largest absolute Gasteiger partial charge is 0.479 e. The fraction of sp³-hybridized carbons (Fsp3) is 0.423. The Kier molecular flexibility index (Phi) is 7.17. The maximum absolute atomic E-state index is 12.6. The number of hydrogen-bond donors (Lipinski definition) is 3. The van der Waals surface area contributed by atoms with Crippen molar-refractivity contribution in [2.24, 2.45) is 0 Å². The quantitative estimate of drug-likeness (QED) is 0.522. The van der Waals surface area contributed by atoms with Gasteiger partial charge in [0.1, 0.15) is 6.61 Å². The second-order valence-corrected chi connectivity index (χ2v) is 8.90. The topological polar surface area (TPSA) is 114 Å². The van der Waals surface area contributed by atoms with E-state index < -0.39 is 29.6 Å². The number of hydrogen-bond acceptors (Lipinski definition) is 5. The van der Waals surface area contributed by atoms with Gasteiger partial charge in [0.15, 0.2) is 5.54 Å². The van der Waals surface area contributed by atoms with Crippen LogP contribution in [0, 0.1) is 0 Å². The molecule has 0 aromatic heterocycles. The highest BCUT2D eigenvalue weighted by Crippen LogP contribution is 2.44. The van der Waals surface area contributed by atoms with Crippen LogP contribution in [-0.2, 0) is 19.1 Å². The molecule has 3 N–H and O–H groups in total. The molecule has 2 aliphatic rings. The van der Waals surface area contributed by atoms with Gasteiger partial charge in [-0.15, -0.1) is 0 Å². The number of nitrogens with one attached hydrogen (secondary N) is 2. The molecule has 1 heterocycles. The molecule has 8 nitrogen and oxygen atoms in total. The van der Waals surface area contributed by atoms with Crippen molar-refractivity contribution in [3.63, 3.8) is 0 Å². The SMILES string of the molecule is CCC[C@H](CC(=O)NC1(C(=O)O)CCOC1)NC(=O)OCC1c2ccccc2-c2ccccc21. The zero-order valence-electron chi connectivity index (χ0n) is 19.2. The Morgan fingerprint density at radius 3 is 2.32 bits per heavy atom. The Hall–Kier alpha value is -3.39. The first-order chi connectivity index (χ1) is 16.4.